The standard InChI is InChI=1S/C15H17BrN2O2S/c1-2-18(11-12-6-4-3-5-7-12)21(19,20)15-9-8-13(17)10-14(15)16/h3-10H,2,11,17H2,1H3. The molecule has 0 aliphatic rings. The summed E-state index contributed by atoms with van der Waals surface area (Å²) in [5, 5.41) is 0. The van der Waals surface area contributed by atoms with E-state index < -0.39 is 10.0 Å². The van der Waals surface area contributed by atoms with Crippen LogP contribution in [0.3, 0.4) is 0 Å². The van der Waals surface area contributed by atoms with Gasteiger partial charge in [-0.2, -0.15) is 4.31 Å². The molecule has 0 amide bonds. The van der Waals surface area contributed by atoms with Gasteiger partial charge in [0.05, 0.1) is 4.90 Å². The lowest BCUT2D eigenvalue weighted by atomic mass is 10.2. The van der Waals surface area contributed by atoms with E-state index in [1.54, 1.807) is 12.1 Å². The zero-order chi connectivity index (χ0) is 15.5. The average molecular weight is 369 g/mol. The highest BCUT2D eigenvalue weighted by molar-refractivity contribution is 9.10. The SMILES string of the molecule is CCN(Cc1ccccc1)S(=O)(=O)c1ccc(N)cc1Br. The van der Waals surface area contributed by atoms with E-state index >= 15 is 0 Å². The molecule has 112 valence electrons. The van der Waals surface area contributed by atoms with Crippen molar-refractivity contribution in [2.45, 2.75) is 18.4 Å². The highest BCUT2D eigenvalue weighted by atomic mass is 79.9. The van der Waals surface area contributed by atoms with Crippen LogP contribution in [0.4, 0.5) is 5.69 Å². The van der Waals surface area contributed by atoms with Crippen molar-refractivity contribution >= 4 is 31.6 Å². The Hall–Kier alpha value is -1.37. The molecule has 2 rings (SSSR count). The molecule has 0 aliphatic carbocycles. The Balaban J connectivity index is 2.36. The van der Waals surface area contributed by atoms with Gasteiger partial charge >= 0.3 is 0 Å². The van der Waals surface area contributed by atoms with Gasteiger partial charge in [0.1, 0.15) is 0 Å². The summed E-state index contributed by atoms with van der Waals surface area (Å²) in [6.07, 6.45) is 0. The minimum absolute atomic E-state index is 0.231. The molecule has 2 aromatic carbocycles. The smallest absolute Gasteiger partial charge is 0.244 e. The van der Waals surface area contributed by atoms with Gasteiger partial charge in [0.25, 0.3) is 0 Å². The van der Waals surface area contributed by atoms with Crippen LogP contribution >= 0.6 is 15.9 Å². The number of rotatable bonds is 5. The number of nitrogens with two attached hydrogens (primary N) is 1. The second-order valence-corrected chi connectivity index (χ2v) is 7.37. The van der Waals surface area contributed by atoms with Crippen molar-refractivity contribution < 1.29 is 8.42 Å². The Morgan fingerprint density at radius 1 is 1.14 bits per heavy atom. The second kappa shape index (κ2) is 6.60. The van der Waals surface area contributed by atoms with Crippen molar-refractivity contribution in [1.29, 1.82) is 0 Å². The first-order valence-corrected chi connectivity index (χ1v) is 8.77. The van der Waals surface area contributed by atoms with E-state index in [0.717, 1.165) is 5.56 Å². The molecular weight excluding hydrogens is 352 g/mol. The summed E-state index contributed by atoms with van der Waals surface area (Å²) in [7, 11) is -3.57. The van der Waals surface area contributed by atoms with Crippen LogP contribution < -0.4 is 5.73 Å². The maximum absolute atomic E-state index is 12.8. The monoisotopic (exact) mass is 368 g/mol. The van der Waals surface area contributed by atoms with Gasteiger partial charge in [0, 0.05) is 23.2 Å². The number of sulfonamides is 1. The predicted molar refractivity (Wildman–Crippen MR) is 88.3 cm³/mol. The zero-order valence-electron chi connectivity index (χ0n) is 11.7. The van der Waals surface area contributed by atoms with Crippen LogP contribution in [-0.4, -0.2) is 19.3 Å². The van der Waals surface area contributed by atoms with Crippen LogP contribution in [0.2, 0.25) is 0 Å². The Morgan fingerprint density at radius 3 is 2.38 bits per heavy atom. The fourth-order valence-electron chi connectivity index (χ4n) is 2.02. The molecule has 2 N–H and O–H groups in total. The van der Waals surface area contributed by atoms with Gasteiger partial charge in [0.15, 0.2) is 0 Å². The Bertz CT molecular complexity index is 718. The minimum atomic E-state index is -3.57. The van der Waals surface area contributed by atoms with Crippen molar-refractivity contribution in [3.05, 3.63) is 58.6 Å². The molecule has 0 saturated heterocycles. The third-order valence-corrected chi connectivity index (χ3v) is 6.03. The quantitative estimate of drug-likeness (QED) is 0.823. The van der Waals surface area contributed by atoms with Gasteiger partial charge in [-0.1, -0.05) is 37.3 Å². The minimum Gasteiger partial charge on any atom is -0.399 e. The van der Waals surface area contributed by atoms with Gasteiger partial charge in [-0.25, -0.2) is 8.42 Å². The van der Waals surface area contributed by atoms with Gasteiger partial charge in [-0.15, -0.1) is 0 Å². The van der Waals surface area contributed by atoms with Gasteiger partial charge < -0.3 is 5.73 Å². The molecular formula is C15H17BrN2O2S. The molecule has 0 aliphatic heterocycles. The lowest BCUT2D eigenvalue weighted by Crippen LogP contribution is -2.30. The van der Waals surface area contributed by atoms with Crippen molar-refractivity contribution in [3.63, 3.8) is 0 Å². The summed E-state index contributed by atoms with van der Waals surface area (Å²) in [5.41, 5.74) is 7.14. The molecule has 0 atom stereocenters. The summed E-state index contributed by atoms with van der Waals surface area (Å²) in [5.74, 6) is 0. The molecule has 0 radical (unpaired) electrons. The molecule has 0 saturated carbocycles. The van der Waals surface area contributed by atoms with Crippen molar-refractivity contribution in [3.8, 4) is 0 Å². The van der Waals surface area contributed by atoms with E-state index in [2.05, 4.69) is 15.9 Å². The van der Waals surface area contributed by atoms with E-state index in [1.165, 1.54) is 10.4 Å². The molecule has 0 fully saturated rings. The summed E-state index contributed by atoms with van der Waals surface area (Å²) < 4.78 is 27.4. The number of nitrogens with zero attached hydrogens (tertiary/aromatic N) is 1. The number of benzene rings is 2. The van der Waals surface area contributed by atoms with E-state index in [0.29, 0.717) is 23.2 Å². The molecule has 2 aromatic rings. The largest absolute Gasteiger partial charge is 0.399 e. The lowest BCUT2D eigenvalue weighted by molar-refractivity contribution is 0.423. The molecule has 0 unspecified atom stereocenters. The van der Waals surface area contributed by atoms with E-state index in [4.69, 9.17) is 5.73 Å². The molecule has 0 heterocycles. The highest BCUT2D eigenvalue weighted by Crippen LogP contribution is 2.27. The molecule has 21 heavy (non-hydrogen) atoms. The van der Waals surface area contributed by atoms with Crippen LogP contribution in [0.25, 0.3) is 0 Å². The highest BCUT2D eigenvalue weighted by Gasteiger charge is 2.25. The van der Waals surface area contributed by atoms with Crippen molar-refractivity contribution in [2.75, 3.05) is 12.3 Å². The fraction of sp³-hybridized carbons (Fsp3) is 0.200. The van der Waals surface area contributed by atoms with Crippen LogP contribution in [0.5, 0.6) is 0 Å². The molecule has 4 nitrogen and oxygen atoms in total. The number of halogens is 1. The third-order valence-electron chi connectivity index (χ3n) is 3.13. The normalized spacial score (nSPS) is 11.8. The maximum atomic E-state index is 12.8. The summed E-state index contributed by atoms with van der Waals surface area (Å²) in [6, 6.07) is 14.3. The van der Waals surface area contributed by atoms with E-state index in [-0.39, 0.29) is 4.90 Å². The molecule has 0 spiro atoms. The summed E-state index contributed by atoms with van der Waals surface area (Å²) >= 11 is 3.28. The number of nitrogen functional groups attached to an aromatic ring is 1. The number of hydrogen-bond donors (Lipinski definition) is 1. The van der Waals surface area contributed by atoms with Gasteiger partial charge in [-0.3, -0.25) is 0 Å². The summed E-state index contributed by atoms with van der Waals surface area (Å²) in [6.45, 7) is 2.57. The Labute approximate surface area is 133 Å². The first-order chi connectivity index (χ1) is 9.95. The van der Waals surface area contributed by atoms with Crippen LogP contribution in [0.1, 0.15) is 12.5 Å². The summed E-state index contributed by atoms with van der Waals surface area (Å²) in [4.78, 5) is 0.231. The van der Waals surface area contributed by atoms with E-state index in [1.807, 2.05) is 37.3 Å². The molecule has 0 bridgehead atoms. The Morgan fingerprint density at radius 2 is 1.81 bits per heavy atom. The topological polar surface area (TPSA) is 63.4 Å². The average Bonchev–Trinajstić information content (AvgIpc) is 2.45. The lowest BCUT2D eigenvalue weighted by Gasteiger charge is -2.21. The molecule has 0 aromatic heterocycles. The number of hydrogen-bond acceptors (Lipinski definition) is 3. The van der Waals surface area contributed by atoms with Crippen molar-refractivity contribution in [2.24, 2.45) is 0 Å². The second-order valence-electron chi connectivity index (χ2n) is 4.61. The zero-order valence-corrected chi connectivity index (χ0v) is 14.1. The van der Waals surface area contributed by atoms with Crippen molar-refractivity contribution in [1.82, 2.24) is 4.31 Å². The van der Waals surface area contributed by atoms with Crippen LogP contribution in [0.15, 0.2) is 57.9 Å². The third kappa shape index (κ3) is 3.64. The molecule has 6 heteroatoms. The first-order valence-electron chi connectivity index (χ1n) is 6.54. The maximum Gasteiger partial charge on any atom is 0.244 e. The first kappa shape index (κ1) is 16.0. The van der Waals surface area contributed by atoms with Gasteiger partial charge in [-0.05, 0) is 39.7 Å². The van der Waals surface area contributed by atoms with Crippen LogP contribution in [-0.2, 0) is 16.6 Å². The van der Waals surface area contributed by atoms with E-state index in [9.17, 15) is 8.42 Å². The fourth-order valence-corrected chi connectivity index (χ4v) is 4.51. The van der Waals surface area contributed by atoms with Gasteiger partial charge in [0.2, 0.25) is 10.0 Å². The predicted octanol–water partition coefficient (Wildman–Crippen LogP) is 3.24. The van der Waals surface area contributed by atoms with Crippen LogP contribution in [0, 0.1) is 0 Å². The number of anilines is 1. The Kier molecular flexibility index (Phi) is 5.03.